The minimum absolute atomic E-state index is 0.251. The van der Waals surface area contributed by atoms with Gasteiger partial charge in [0.25, 0.3) is 0 Å². The van der Waals surface area contributed by atoms with Gasteiger partial charge in [-0.05, 0) is 80.4 Å². The Labute approximate surface area is 176 Å². The van der Waals surface area contributed by atoms with Gasteiger partial charge in [0, 0.05) is 32.9 Å². The molecule has 0 fully saturated rings. The first kappa shape index (κ1) is 19.4. The van der Waals surface area contributed by atoms with E-state index in [0.717, 1.165) is 38.4 Å². The van der Waals surface area contributed by atoms with Crippen molar-refractivity contribution in [3.05, 3.63) is 77.2 Å². The third kappa shape index (κ3) is 5.10. The minimum Gasteiger partial charge on any atom is -0.332 e. The number of aromatic nitrogens is 3. The lowest BCUT2D eigenvalue weighted by molar-refractivity contribution is 0.628. The summed E-state index contributed by atoms with van der Waals surface area (Å²) in [5.41, 5.74) is 4.52. The maximum Gasteiger partial charge on any atom is 0.233 e. The monoisotopic (exact) mass is 423 g/mol. The second-order valence-corrected chi connectivity index (χ2v) is 8.11. The highest BCUT2D eigenvalue weighted by atomic mass is 32.2. The molecule has 29 heavy (non-hydrogen) atoms. The predicted octanol–water partition coefficient (Wildman–Crippen LogP) is 6.22. The van der Waals surface area contributed by atoms with Gasteiger partial charge in [0.1, 0.15) is 5.82 Å². The van der Waals surface area contributed by atoms with Gasteiger partial charge in [-0.1, -0.05) is 0 Å². The van der Waals surface area contributed by atoms with Crippen molar-refractivity contribution in [2.75, 3.05) is 10.0 Å². The third-order valence-electron chi connectivity index (χ3n) is 3.99. The molecule has 2 heterocycles. The van der Waals surface area contributed by atoms with Crippen molar-refractivity contribution in [3.8, 4) is 11.3 Å². The summed E-state index contributed by atoms with van der Waals surface area (Å²) in [5, 5.41) is 6.04. The molecule has 0 saturated heterocycles. The minimum atomic E-state index is -0.251. The highest BCUT2D eigenvalue weighted by Gasteiger charge is 2.06. The van der Waals surface area contributed by atoms with E-state index in [1.165, 1.54) is 35.4 Å². The number of nitrogens with one attached hydrogen (secondary N) is 2. The Kier molecular flexibility index (Phi) is 5.73. The fraction of sp³-hybridized carbons (Fsp3) is 0.0952. The Balaban J connectivity index is 1.37. The molecule has 4 aromatic rings. The molecule has 0 bridgehead atoms. The van der Waals surface area contributed by atoms with Crippen LogP contribution in [0.1, 0.15) is 11.4 Å². The lowest BCUT2D eigenvalue weighted by atomic mass is 10.2. The molecule has 0 radical (unpaired) electrons. The molecule has 0 aliphatic carbocycles. The Morgan fingerprint density at radius 1 is 0.897 bits per heavy atom. The fourth-order valence-corrected chi connectivity index (χ4v) is 4.00. The van der Waals surface area contributed by atoms with E-state index >= 15 is 0 Å². The molecule has 2 aromatic carbocycles. The van der Waals surface area contributed by atoms with Crippen LogP contribution in [-0.2, 0) is 0 Å². The largest absolute Gasteiger partial charge is 0.332 e. The molecule has 0 amide bonds. The van der Waals surface area contributed by atoms with E-state index in [4.69, 9.17) is 0 Å². The zero-order chi connectivity index (χ0) is 20.2. The standard InChI is InChI=1S/C21H18FN5S2/c1-13-11-14(2)24-20(23-13)27-29-18-9-7-17(8-10-18)25-21-26-19(12-28-21)15-3-5-16(22)6-4-15/h3-12H,1-2H3,(H,25,26)(H,23,24,27). The van der Waals surface area contributed by atoms with Crippen molar-refractivity contribution in [1.29, 1.82) is 0 Å². The molecule has 0 atom stereocenters. The molecule has 146 valence electrons. The fourth-order valence-electron chi connectivity index (χ4n) is 2.69. The molecule has 4 rings (SSSR count). The van der Waals surface area contributed by atoms with E-state index in [2.05, 4.69) is 25.0 Å². The molecular formula is C21H18FN5S2. The highest BCUT2D eigenvalue weighted by molar-refractivity contribution is 8.00. The lowest BCUT2D eigenvalue weighted by Crippen LogP contribution is -1.98. The van der Waals surface area contributed by atoms with Crippen molar-refractivity contribution in [2.24, 2.45) is 0 Å². The number of benzene rings is 2. The van der Waals surface area contributed by atoms with Crippen LogP contribution in [0.25, 0.3) is 11.3 Å². The van der Waals surface area contributed by atoms with Gasteiger partial charge in [-0.15, -0.1) is 11.3 Å². The van der Waals surface area contributed by atoms with Crippen LogP contribution in [0.4, 0.5) is 21.2 Å². The highest BCUT2D eigenvalue weighted by Crippen LogP contribution is 2.28. The molecule has 2 aromatic heterocycles. The number of hydrogen-bond acceptors (Lipinski definition) is 7. The molecule has 2 N–H and O–H groups in total. The zero-order valence-corrected chi connectivity index (χ0v) is 17.4. The summed E-state index contributed by atoms with van der Waals surface area (Å²) in [6.45, 7) is 3.90. The van der Waals surface area contributed by atoms with Crippen molar-refractivity contribution in [1.82, 2.24) is 15.0 Å². The summed E-state index contributed by atoms with van der Waals surface area (Å²) in [5.74, 6) is 0.352. The average Bonchev–Trinajstić information content (AvgIpc) is 3.16. The number of rotatable bonds is 6. The number of nitrogens with zero attached hydrogens (tertiary/aromatic N) is 3. The SMILES string of the molecule is Cc1cc(C)nc(NSc2ccc(Nc3nc(-c4ccc(F)cc4)cs3)cc2)n1. The predicted molar refractivity (Wildman–Crippen MR) is 118 cm³/mol. The van der Waals surface area contributed by atoms with E-state index in [0.29, 0.717) is 5.95 Å². The Morgan fingerprint density at radius 3 is 2.28 bits per heavy atom. The topological polar surface area (TPSA) is 62.7 Å². The van der Waals surface area contributed by atoms with Crippen LogP contribution in [0.2, 0.25) is 0 Å². The van der Waals surface area contributed by atoms with Gasteiger partial charge in [0.2, 0.25) is 5.95 Å². The van der Waals surface area contributed by atoms with E-state index in [1.54, 1.807) is 12.1 Å². The number of hydrogen-bond donors (Lipinski definition) is 2. The third-order valence-corrected chi connectivity index (χ3v) is 5.54. The average molecular weight is 424 g/mol. The van der Waals surface area contributed by atoms with Gasteiger partial charge >= 0.3 is 0 Å². The van der Waals surface area contributed by atoms with Gasteiger partial charge in [0.15, 0.2) is 5.13 Å². The second-order valence-electron chi connectivity index (χ2n) is 6.37. The van der Waals surface area contributed by atoms with Crippen LogP contribution in [-0.4, -0.2) is 15.0 Å². The van der Waals surface area contributed by atoms with Crippen LogP contribution in [0.5, 0.6) is 0 Å². The van der Waals surface area contributed by atoms with Gasteiger partial charge in [-0.2, -0.15) is 0 Å². The van der Waals surface area contributed by atoms with Crippen LogP contribution in [0.3, 0.4) is 0 Å². The van der Waals surface area contributed by atoms with Crippen LogP contribution < -0.4 is 10.0 Å². The quantitative estimate of drug-likeness (QED) is 0.359. The Hall–Kier alpha value is -2.97. The van der Waals surface area contributed by atoms with Crippen molar-refractivity contribution in [2.45, 2.75) is 18.7 Å². The van der Waals surface area contributed by atoms with Gasteiger partial charge in [-0.3, -0.25) is 4.72 Å². The summed E-state index contributed by atoms with van der Waals surface area (Å²) >= 11 is 2.97. The second kappa shape index (κ2) is 8.59. The molecule has 0 unspecified atom stereocenters. The van der Waals surface area contributed by atoms with Gasteiger partial charge < -0.3 is 5.32 Å². The van der Waals surface area contributed by atoms with E-state index < -0.39 is 0 Å². The van der Waals surface area contributed by atoms with E-state index in [-0.39, 0.29) is 5.82 Å². The zero-order valence-electron chi connectivity index (χ0n) is 15.8. The van der Waals surface area contributed by atoms with Gasteiger partial charge in [0.05, 0.1) is 5.69 Å². The molecule has 5 nitrogen and oxygen atoms in total. The molecule has 0 saturated carbocycles. The lowest BCUT2D eigenvalue weighted by Gasteiger charge is -2.07. The van der Waals surface area contributed by atoms with Crippen LogP contribution >= 0.6 is 23.3 Å². The summed E-state index contributed by atoms with van der Waals surface area (Å²) in [6, 6.07) is 16.3. The smallest absolute Gasteiger partial charge is 0.233 e. The van der Waals surface area contributed by atoms with E-state index in [9.17, 15) is 4.39 Å². The molecule has 0 aliphatic rings. The van der Waals surface area contributed by atoms with Crippen molar-refractivity contribution >= 4 is 40.1 Å². The first-order valence-corrected chi connectivity index (χ1v) is 10.6. The summed E-state index contributed by atoms with van der Waals surface area (Å²) in [4.78, 5) is 14.4. The van der Waals surface area contributed by atoms with Crippen LogP contribution in [0.15, 0.2) is 64.9 Å². The maximum absolute atomic E-state index is 13.1. The molecule has 0 spiro atoms. The summed E-state index contributed by atoms with van der Waals surface area (Å²) in [6.07, 6.45) is 0. The van der Waals surface area contributed by atoms with Crippen molar-refractivity contribution in [3.63, 3.8) is 0 Å². The summed E-state index contributed by atoms with van der Waals surface area (Å²) in [7, 11) is 0. The van der Waals surface area contributed by atoms with Gasteiger partial charge in [-0.25, -0.2) is 19.3 Å². The Bertz CT molecular complexity index is 1090. The first-order chi connectivity index (χ1) is 14.0. The maximum atomic E-state index is 13.1. The number of halogens is 1. The van der Waals surface area contributed by atoms with Crippen LogP contribution in [0, 0.1) is 19.7 Å². The first-order valence-electron chi connectivity index (χ1n) is 8.89. The summed E-state index contributed by atoms with van der Waals surface area (Å²) < 4.78 is 16.2. The molecule has 8 heteroatoms. The Morgan fingerprint density at radius 2 is 1.59 bits per heavy atom. The number of anilines is 3. The number of aryl methyl sites for hydroxylation is 2. The number of thiazole rings is 1. The van der Waals surface area contributed by atoms with E-state index in [1.807, 2.05) is 49.6 Å². The normalized spacial score (nSPS) is 10.7. The molecule has 0 aliphatic heterocycles. The van der Waals surface area contributed by atoms with Crippen molar-refractivity contribution < 1.29 is 4.39 Å². The molecular weight excluding hydrogens is 405 g/mol.